The molecule has 4 nitrogen and oxygen atoms in total. The zero-order valence-corrected chi connectivity index (χ0v) is 20.0. The van der Waals surface area contributed by atoms with Crippen LogP contribution in [-0.4, -0.2) is 32.2 Å². The van der Waals surface area contributed by atoms with E-state index < -0.39 is 35.5 Å². The quantitative estimate of drug-likeness (QED) is 0.267. The third kappa shape index (κ3) is 5.43. The highest BCUT2D eigenvalue weighted by atomic mass is 32.2. The number of hydrogen-bond acceptors (Lipinski definition) is 4. The highest BCUT2D eigenvalue weighted by Gasteiger charge is 2.44. The zero-order valence-electron chi connectivity index (χ0n) is 18.3. The van der Waals surface area contributed by atoms with Crippen LogP contribution < -0.4 is 0 Å². The molecule has 1 aliphatic carbocycles. The molecule has 1 saturated heterocycles. The van der Waals surface area contributed by atoms with Gasteiger partial charge in [-0.1, -0.05) is 73.6 Å². The van der Waals surface area contributed by atoms with Crippen molar-refractivity contribution >= 4 is 46.3 Å². The number of carboxylic acid groups (broad SMARTS) is 1. The van der Waals surface area contributed by atoms with E-state index in [2.05, 4.69) is 0 Å². The topological polar surface area (TPSA) is 57.6 Å². The van der Waals surface area contributed by atoms with Crippen molar-refractivity contribution in [3.8, 4) is 11.1 Å². The Balaban J connectivity index is 1.56. The van der Waals surface area contributed by atoms with Crippen molar-refractivity contribution < 1.29 is 32.3 Å². The number of alkyl halides is 3. The normalized spacial score (nSPS) is 19.4. The summed E-state index contributed by atoms with van der Waals surface area (Å²) in [5, 5.41) is 9.85. The lowest BCUT2D eigenvalue weighted by Gasteiger charge is -2.32. The van der Waals surface area contributed by atoms with Crippen LogP contribution in [-0.2, 0) is 15.8 Å². The largest absolute Gasteiger partial charge is 0.480 e. The fourth-order valence-electron chi connectivity index (χ4n) is 4.54. The Bertz CT molecular complexity index is 1190. The van der Waals surface area contributed by atoms with Gasteiger partial charge in [-0.3, -0.25) is 9.69 Å². The van der Waals surface area contributed by atoms with E-state index in [9.17, 15) is 32.3 Å². The van der Waals surface area contributed by atoms with E-state index in [1.165, 1.54) is 11.0 Å². The Hall–Kier alpha value is -2.72. The molecule has 1 N–H and O–H groups in total. The number of halogens is 4. The van der Waals surface area contributed by atoms with Crippen molar-refractivity contribution in [1.82, 2.24) is 4.90 Å². The van der Waals surface area contributed by atoms with E-state index >= 15 is 0 Å². The van der Waals surface area contributed by atoms with E-state index in [4.69, 9.17) is 12.2 Å². The number of carbonyl (C=O) groups excluding carboxylic acids is 1. The molecule has 0 unspecified atom stereocenters. The first-order valence-corrected chi connectivity index (χ1v) is 12.3. The second-order valence-corrected chi connectivity index (χ2v) is 10.2. The van der Waals surface area contributed by atoms with Crippen molar-refractivity contribution in [2.45, 2.75) is 44.3 Å². The number of rotatable bonds is 5. The van der Waals surface area contributed by atoms with E-state index in [1.54, 1.807) is 30.3 Å². The summed E-state index contributed by atoms with van der Waals surface area (Å²) in [6, 6.07) is 8.18. The number of aliphatic carboxylic acids is 1. The molecule has 1 amide bonds. The maximum absolute atomic E-state index is 13.6. The number of hydrogen-bond donors (Lipinski definition) is 1. The van der Waals surface area contributed by atoms with Gasteiger partial charge in [0.05, 0.1) is 10.5 Å². The minimum absolute atomic E-state index is 0.153. The van der Waals surface area contributed by atoms with Gasteiger partial charge in [-0.25, -0.2) is 9.18 Å². The van der Waals surface area contributed by atoms with Crippen LogP contribution in [0.4, 0.5) is 17.6 Å². The summed E-state index contributed by atoms with van der Waals surface area (Å²) >= 11 is 6.39. The van der Waals surface area contributed by atoms with Gasteiger partial charge in [0.25, 0.3) is 5.91 Å². The number of amides is 1. The number of carboxylic acids is 1. The molecule has 35 heavy (non-hydrogen) atoms. The maximum Gasteiger partial charge on any atom is 0.419 e. The number of thiocarbonyl (C=S) groups is 1. The number of thioether (sulfide) groups is 1. The van der Waals surface area contributed by atoms with Gasteiger partial charge >= 0.3 is 12.1 Å². The Kier molecular flexibility index (Phi) is 7.32. The van der Waals surface area contributed by atoms with E-state index in [-0.39, 0.29) is 20.7 Å². The van der Waals surface area contributed by atoms with Gasteiger partial charge in [0, 0.05) is 0 Å². The molecule has 1 heterocycles. The molecule has 2 aromatic rings. The fourth-order valence-corrected chi connectivity index (χ4v) is 5.87. The van der Waals surface area contributed by atoms with Gasteiger partial charge in [0.1, 0.15) is 16.2 Å². The Labute approximate surface area is 209 Å². The van der Waals surface area contributed by atoms with Crippen LogP contribution in [0.1, 0.15) is 43.2 Å². The summed E-state index contributed by atoms with van der Waals surface area (Å²) in [7, 11) is 0. The third-order valence-corrected chi connectivity index (χ3v) is 7.60. The Morgan fingerprint density at radius 3 is 2.31 bits per heavy atom. The van der Waals surface area contributed by atoms with Crippen LogP contribution in [0.5, 0.6) is 0 Å². The lowest BCUT2D eigenvalue weighted by molar-refractivity contribution is -0.147. The molecule has 0 spiro atoms. The van der Waals surface area contributed by atoms with Gasteiger partial charge in [-0.15, -0.1) is 0 Å². The minimum Gasteiger partial charge on any atom is -0.480 e. The van der Waals surface area contributed by atoms with Crippen LogP contribution in [0.25, 0.3) is 17.2 Å². The van der Waals surface area contributed by atoms with Crippen LogP contribution in [0.2, 0.25) is 0 Å². The summed E-state index contributed by atoms with van der Waals surface area (Å²) in [6.07, 6.45) is 1.12. The standard InChI is InChI=1S/C25H21F4NO3S2/c26-19-11-10-17(13-18(19)25(27,28)29)15-8-6-14(7-9-15)12-20-22(31)30(24(34)35-20)21(23(32)33)16-4-2-1-3-5-16/h6-13,16,21H,1-5H2,(H,32,33)/b20-12-/t21-/m0/s1. The Morgan fingerprint density at radius 2 is 1.71 bits per heavy atom. The van der Waals surface area contributed by atoms with Crippen molar-refractivity contribution in [1.29, 1.82) is 0 Å². The van der Waals surface area contributed by atoms with Crippen LogP contribution in [0.15, 0.2) is 47.4 Å². The predicted octanol–water partition coefficient (Wildman–Crippen LogP) is 6.75. The second kappa shape index (κ2) is 10.1. The molecular weight excluding hydrogens is 502 g/mol. The molecule has 1 atom stereocenters. The highest BCUT2D eigenvalue weighted by Crippen LogP contribution is 2.39. The first-order chi connectivity index (χ1) is 16.6. The molecule has 1 saturated carbocycles. The van der Waals surface area contributed by atoms with Crippen LogP contribution >= 0.6 is 24.0 Å². The molecule has 4 rings (SSSR count). The monoisotopic (exact) mass is 523 g/mol. The maximum atomic E-state index is 13.6. The van der Waals surface area contributed by atoms with E-state index in [0.29, 0.717) is 11.1 Å². The lowest BCUT2D eigenvalue weighted by Crippen LogP contribution is -2.48. The third-order valence-electron chi connectivity index (χ3n) is 6.26. The van der Waals surface area contributed by atoms with Gasteiger partial charge in [-0.2, -0.15) is 13.2 Å². The minimum atomic E-state index is -4.81. The second-order valence-electron chi connectivity index (χ2n) is 8.55. The highest BCUT2D eigenvalue weighted by molar-refractivity contribution is 8.26. The van der Waals surface area contributed by atoms with E-state index in [1.807, 2.05) is 0 Å². The van der Waals surface area contributed by atoms with E-state index in [0.717, 1.165) is 56.0 Å². The predicted molar refractivity (Wildman–Crippen MR) is 130 cm³/mol. The summed E-state index contributed by atoms with van der Waals surface area (Å²) in [6.45, 7) is 0. The molecule has 184 valence electrons. The van der Waals surface area contributed by atoms with Gasteiger partial charge in [0.15, 0.2) is 0 Å². The van der Waals surface area contributed by atoms with Crippen molar-refractivity contribution in [3.05, 3.63) is 64.3 Å². The molecule has 0 bridgehead atoms. The number of carbonyl (C=O) groups is 2. The molecule has 2 aromatic carbocycles. The molecule has 2 fully saturated rings. The average Bonchev–Trinajstić information content (AvgIpc) is 3.08. The zero-order chi connectivity index (χ0) is 25.3. The number of nitrogens with zero attached hydrogens (tertiary/aromatic N) is 1. The van der Waals surface area contributed by atoms with Gasteiger partial charge < -0.3 is 5.11 Å². The molecule has 0 aromatic heterocycles. The lowest BCUT2D eigenvalue weighted by atomic mass is 9.83. The Morgan fingerprint density at radius 1 is 1.09 bits per heavy atom. The van der Waals surface area contributed by atoms with Crippen molar-refractivity contribution in [2.24, 2.45) is 5.92 Å². The fraction of sp³-hybridized carbons (Fsp3) is 0.320. The van der Waals surface area contributed by atoms with Gasteiger partial charge in [0.2, 0.25) is 0 Å². The molecule has 2 aliphatic rings. The van der Waals surface area contributed by atoms with Crippen LogP contribution in [0.3, 0.4) is 0 Å². The number of benzene rings is 2. The molecular formula is C25H21F4NO3S2. The first kappa shape index (κ1) is 25.4. The van der Waals surface area contributed by atoms with Crippen LogP contribution in [0, 0.1) is 11.7 Å². The SMILES string of the molecule is O=C(O)[C@H](C1CCCCC1)N1C(=O)/C(=C/c2ccc(-c3ccc(F)c(C(F)(F)F)c3)cc2)SC1=S. The summed E-state index contributed by atoms with van der Waals surface area (Å²) in [5.41, 5.74) is -0.0949. The average molecular weight is 524 g/mol. The van der Waals surface area contributed by atoms with Crippen molar-refractivity contribution in [3.63, 3.8) is 0 Å². The molecule has 10 heteroatoms. The first-order valence-electron chi connectivity index (χ1n) is 11.0. The summed E-state index contributed by atoms with van der Waals surface area (Å²) in [4.78, 5) is 26.6. The van der Waals surface area contributed by atoms with Gasteiger partial charge in [-0.05, 0) is 53.7 Å². The molecule has 0 radical (unpaired) electrons. The van der Waals surface area contributed by atoms with Crippen molar-refractivity contribution in [2.75, 3.05) is 0 Å². The molecule has 1 aliphatic heterocycles. The summed E-state index contributed by atoms with van der Waals surface area (Å²) < 4.78 is 52.9. The smallest absolute Gasteiger partial charge is 0.419 e. The summed E-state index contributed by atoms with van der Waals surface area (Å²) in [5.74, 6) is -3.03.